The molecule has 2 aromatic carbocycles. The van der Waals surface area contributed by atoms with Gasteiger partial charge in [-0.3, -0.25) is 4.79 Å². The molecule has 2 rings (SSSR count). The minimum atomic E-state index is -1.09. The van der Waals surface area contributed by atoms with Gasteiger partial charge in [0, 0.05) is 11.1 Å². The fraction of sp³-hybridized carbons (Fsp3) is 0.0714. The summed E-state index contributed by atoms with van der Waals surface area (Å²) in [5.74, 6) is -2.29. The van der Waals surface area contributed by atoms with E-state index in [1.807, 2.05) is 0 Å². The van der Waals surface area contributed by atoms with Gasteiger partial charge < -0.3 is 5.11 Å². The second-order valence-electron chi connectivity index (χ2n) is 3.82. The maximum absolute atomic E-state index is 13.8. The number of rotatable bonds is 3. The predicted octanol–water partition coefficient (Wildman–Crippen LogP) is 3.26. The van der Waals surface area contributed by atoms with Gasteiger partial charge >= 0.3 is 5.97 Å². The van der Waals surface area contributed by atoms with Crippen LogP contribution in [-0.2, 0) is 11.2 Å². The molecule has 0 saturated heterocycles. The van der Waals surface area contributed by atoms with Crippen LogP contribution in [-0.4, -0.2) is 11.1 Å². The standard InChI is InChI=1S/C14H10F2O2/c15-11-6-2-1-5-10(11)14-9(8-13(17)18)4-3-7-12(14)16/h1-7H,8H2,(H,17,18). The van der Waals surface area contributed by atoms with E-state index in [4.69, 9.17) is 5.11 Å². The molecule has 18 heavy (non-hydrogen) atoms. The van der Waals surface area contributed by atoms with E-state index in [0.717, 1.165) is 0 Å². The lowest BCUT2D eigenvalue weighted by Crippen LogP contribution is -2.03. The highest BCUT2D eigenvalue weighted by Gasteiger charge is 2.15. The number of carbonyl (C=O) groups is 1. The molecule has 0 aliphatic carbocycles. The van der Waals surface area contributed by atoms with Gasteiger partial charge in [0.25, 0.3) is 0 Å². The molecule has 92 valence electrons. The van der Waals surface area contributed by atoms with Crippen LogP contribution < -0.4 is 0 Å². The molecule has 0 aliphatic heterocycles. The van der Waals surface area contributed by atoms with Crippen molar-refractivity contribution in [3.63, 3.8) is 0 Å². The van der Waals surface area contributed by atoms with E-state index < -0.39 is 17.6 Å². The SMILES string of the molecule is O=C(O)Cc1cccc(F)c1-c1ccccc1F. The van der Waals surface area contributed by atoms with Crippen LogP contribution in [0.4, 0.5) is 8.78 Å². The Kier molecular flexibility index (Phi) is 3.37. The fourth-order valence-electron chi connectivity index (χ4n) is 1.84. The topological polar surface area (TPSA) is 37.3 Å². The number of carboxylic acids is 1. The maximum Gasteiger partial charge on any atom is 0.307 e. The predicted molar refractivity (Wildman–Crippen MR) is 63.1 cm³/mol. The highest BCUT2D eigenvalue weighted by atomic mass is 19.1. The van der Waals surface area contributed by atoms with Crippen LogP contribution in [0, 0.1) is 11.6 Å². The third-order valence-corrected chi connectivity index (χ3v) is 2.58. The molecule has 0 unspecified atom stereocenters. The van der Waals surface area contributed by atoms with Crippen molar-refractivity contribution < 1.29 is 18.7 Å². The molecule has 0 radical (unpaired) electrons. The lowest BCUT2D eigenvalue weighted by Gasteiger charge is -2.10. The van der Waals surface area contributed by atoms with Gasteiger partial charge in [-0.15, -0.1) is 0 Å². The second-order valence-corrected chi connectivity index (χ2v) is 3.82. The summed E-state index contributed by atoms with van der Waals surface area (Å²) in [5.41, 5.74) is 0.345. The Balaban J connectivity index is 2.62. The highest BCUT2D eigenvalue weighted by Crippen LogP contribution is 2.29. The van der Waals surface area contributed by atoms with Crippen LogP contribution in [0.15, 0.2) is 42.5 Å². The molecule has 0 aromatic heterocycles. The zero-order chi connectivity index (χ0) is 13.1. The zero-order valence-corrected chi connectivity index (χ0v) is 9.36. The first-order chi connectivity index (χ1) is 8.59. The van der Waals surface area contributed by atoms with E-state index in [9.17, 15) is 13.6 Å². The quantitative estimate of drug-likeness (QED) is 0.905. The first kappa shape index (κ1) is 12.2. The van der Waals surface area contributed by atoms with Crippen molar-refractivity contribution in [3.8, 4) is 11.1 Å². The van der Waals surface area contributed by atoms with Gasteiger partial charge in [-0.25, -0.2) is 8.78 Å². The Hall–Kier alpha value is -2.23. The summed E-state index contributed by atoms with van der Waals surface area (Å²) in [6, 6.07) is 9.81. The molecule has 0 fully saturated rings. The normalized spacial score (nSPS) is 10.3. The van der Waals surface area contributed by atoms with Crippen molar-refractivity contribution in [1.29, 1.82) is 0 Å². The van der Waals surface area contributed by atoms with E-state index in [1.54, 1.807) is 6.07 Å². The third-order valence-electron chi connectivity index (χ3n) is 2.58. The van der Waals surface area contributed by atoms with Crippen molar-refractivity contribution in [2.24, 2.45) is 0 Å². The fourth-order valence-corrected chi connectivity index (χ4v) is 1.84. The Bertz CT molecular complexity index is 594. The van der Waals surface area contributed by atoms with E-state index in [-0.39, 0.29) is 23.1 Å². The molecule has 0 saturated carbocycles. The summed E-state index contributed by atoms with van der Waals surface area (Å²) in [6.45, 7) is 0. The van der Waals surface area contributed by atoms with Crippen LogP contribution in [0.5, 0.6) is 0 Å². The minimum absolute atomic E-state index is 0.0120. The number of aliphatic carboxylic acids is 1. The van der Waals surface area contributed by atoms with Gasteiger partial charge in [0.05, 0.1) is 6.42 Å². The monoisotopic (exact) mass is 248 g/mol. The molecule has 0 amide bonds. The van der Waals surface area contributed by atoms with E-state index in [1.165, 1.54) is 36.4 Å². The van der Waals surface area contributed by atoms with Gasteiger partial charge in [-0.1, -0.05) is 30.3 Å². The van der Waals surface area contributed by atoms with E-state index in [2.05, 4.69) is 0 Å². The molecule has 0 bridgehead atoms. The van der Waals surface area contributed by atoms with Crippen molar-refractivity contribution in [1.82, 2.24) is 0 Å². The van der Waals surface area contributed by atoms with Crippen LogP contribution in [0.2, 0.25) is 0 Å². The summed E-state index contributed by atoms with van der Waals surface area (Å²) >= 11 is 0. The number of carboxylic acid groups (broad SMARTS) is 1. The molecule has 0 atom stereocenters. The van der Waals surface area contributed by atoms with Crippen molar-refractivity contribution in [2.75, 3.05) is 0 Å². The summed E-state index contributed by atoms with van der Waals surface area (Å²) in [4.78, 5) is 10.7. The van der Waals surface area contributed by atoms with Crippen molar-refractivity contribution >= 4 is 5.97 Å². The first-order valence-corrected chi connectivity index (χ1v) is 5.33. The van der Waals surface area contributed by atoms with Gasteiger partial charge in [-0.2, -0.15) is 0 Å². The largest absolute Gasteiger partial charge is 0.481 e. The zero-order valence-electron chi connectivity index (χ0n) is 9.36. The molecule has 2 nitrogen and oxygen atoms in total. The van der Waals surface area contributed by atoms with Crippen LogP contribution >= 0.6 is 0 Å². The van der Waals surface area contributed by atoms with E-state index >= 15 is 0 Å². The molecular formula is C14H10F2O2. The van der Waals surface area contributed by atoms with Crippen LogP contribution in [0.1, 0.15) is 5.56 Å². The van der Waals surface area contributed by atoms with E-state index in [0.29, 0.717) is 0 Å². The second kappa shape index (κ2) is 4.96. The molecule has 0 spiro atoms. The highest BCUT2D eigenvalue weighted by molar-refractivity contribution is 5.77. The van der Waals surface area contributed by atoms with Crippen LogP contribution in [0.3, 0.4) is 0 Å². The molecule has 0 heterocycles. The van der Waals surface area contributed by atoms with Gasteiger partial charge in [0.2, 0.25) is 0 Å². The number of halogens is 2. The van der Waals surface area contributed by atoms with Gasteiger partial charge in [0.1, 0.15) is 11.6 Å². The molecule has 1 N–H and O–H groups in total. The summed E-state index contributed by atoms with van der Waals surface area (Å²) in [5, 5.41) is 8.78. The smallest absolute Gasteiger partial charge is 0.307 e. The summed E-state index contributed by atoms with van der Waals surface area (Å²) in [6.07, 6.45) is -0.346. The maximum atomic E-state index is 13.8. The lowest BCUT2D eigenvalue weighted by molar-refractivity contribution is -0.136. The third kappa shape index (κ3) is 2.37. The van der Waals surface area contributed by atoms with Crippen molar-refractivity contribution in [2.45, 2.75) is 6.42 Å². The molecular weight excluding hydrogens is 238 g/mol. The lowest BCUT2D eigenvalue weighted by atomic mass is 9.96. The molecule has 4 heteroatoms. The minimum Gasteiger partial charge on any atom is -0.481 e. The molecule has 2 aromatic rings. The Labute approximate surface area is 103 Å². The molecule has 0 aliphatic rings. The first-order valence-electron chi connectivity index (χ1n) is 5.33. The number of hydrogen-bond acceptors (Lipinski definition) is 1. The summed E-state index contributed by atoms with van der Waals surface area (Å²) < 4.78 is 27.5. The van der Waals surface area contributed by atoms with Gasteiger partial charge in [-0.05, 0) is 17.7 Å². The average molecular weight is 248 g/mol. The Morgan fingerprint density at radius 2 is 1.67 bits per heavy atom. The number of benzene rings is 2. The van der Waals surface area contributed by atoms with Crippen molar-refractivity contribution in [3.05, 3.63) is 59.7 Å². The van der Waals surface area contributed by atoms with Gasteiger partial charge in [0.15, 0.2) is 0 Å². The van der Waals surface area contributed by atoms with Crippen LogP contribution in [0.25, 0.3) is 11.1 Å². The summed E-state index contributed by atoms with van der Waals surface area (Å²) in [7, 11) is 0. The Morgan fingerprint density at radius 3 is 2.33 bits per heavy atom. The number of hydrogen-bond donors (Lipinski definition) is 1. The Morgan fingerprint density at radius 1 is 1.00 bits per heavy atom. The average Bonchev–Trinajstić information content (AvgIpc) is 2.30.